The molecule has 5 aromatic rings. The van der Waals surface area contributed by atoms with Crippen LogP contribution in [0.4, 0.5) is 11.4 Å². The molecule has 6 rings (SSSR count). The highest BCUT2D eigenvalue weighted by atomic mass is 32.2. The summed E-state index contributed by atoms with van der Waals surface area (Å²) in [5.41, 5.74) is 1.01. The number of hydrogen-bond acceptors (Lipinski definition) is 10. The third kappa shape index (κ3) is 3.50. The minimum absolute atomic E-state index is 0.0987. The molecule has 0 unspecified atom stereocenters. The van der Waals surface area contributed by atoms with Crippen molar-refractivity contribution in [2.45, 2.75) is 13.1 Å². The molecule has 10 nitrogen and oxygen atoms in total. The Balaban J connectivity index is 1.30. The van der Waals surface area contributed by atoms with Gasteiger partial charge in [-0.05, 0) is 35.0 Å². The maximum absolute atomic E-state index is 13.5. The lowest BCUT2D eigenvalue weighted by molar-refractivity contribution is 0.379. The monoisotopic (exact) mass is 498 g/mol. The van der Waals surface area contributed by atoms with Gasteiger partial charge in [0, 0.05) is 0 Å². The predicted molar refractivity (Wildman–Crippen MR) is 123 cm³/mol. The van der Waals surface area contributed by atoms with E-state index in [1.807, 2.05) is 35.0 Å². The summed E-state index contributed by atoms with van der Waals surface area (Å²) in [6, 6.07) is 14.5. The van der Waals surface area contributed by atoms with E-state index in [9.17, 15) is 8.42 Å². The van der Waals surface area contributed by atoms with Gasteiger partial charge in [-0.3, -0.25) is 0 Å². The average Bonchev–Trinajstić information content (AvgIpc) is 3.63. The van der Waals surface area contributed by atoms with Crippen molar-refractivity contribution in [2.24, 2.45) is 0 Å². The van der Waals surface area contributed by atoms with Gasteiger partial charge in [-0.2, -0.15) is 18.4 Å². The van der Waals surface area contributed by atoms with Crippen molar-refractivity contribution in [2.75, 3.05) is 8.61 Å². The zero-order valence-electron chi connectivity index (χ0n) is 16.7. The van der Waals surface area contributed by atoms with Crippen molar-refractivity contribution in [1.82, 2.24) is 20.3 Å². The molecule has 0 bridgehead atoms. The first kappa shape index (κ1) is 20.1. The van der Waals surface area contributed by atoms with E-state index in [0.29, 0.717) is 23.0 Å². The van der Waals surface area contributed by atoms with E-state index in [-0.39, 0.29) is 24.9 Å². The topological polar surface area (TPSA) is 118 Å². The maximum atomic E-state index is 13.5. The van der Waals surface area contributed by atoms with Gasteiger partial charge < -0.3 is 9.05 Å². The van der Waals surface area contributed by atoms with Crippen molar-refractivity contribution in [3.63, 3.8) is 0 Å². The van der Waals surface area contributed by atoms with Crippen LogP contribution in [0, 0.1) is 0 Å². The van der Waals surface area contributed by atoms with Crippen molar-refractivity contribution in [3.05, 3.63) is 71.1 Å². The first-order valence-electron chi connectivity index (χ1n) is 9.72. The van der Waals surface area contributed by atoms with Gasteiger partial charge in [-0.1, -0.05) is 34.6 Å². The molecule has 4 aromatic heterocycles. The maximum Gasteiger partial charge on any atom is 0.327 e. The lowest BCUT2D eigenvalue weighted by Crippen LogP contribution is -2.37. The molecule has 0 N–H and O–H groups in total. The minimum atomic E-state index is -3.96. The summed E-state index contributed by atoms with van der Waals surface area (Å²) >= 11 is 2.95. The van der Waals surface area contributed by atoms with Crippen molar-refractivity contribution < 1.29 is 17.5 Å². The van der Waals surface area contributed by atoms with Crippen LogP contribution in [0.2, 0.25) is 0 Å². The summed E-state index contributed by atoms with van der Waals surface area (Å²) in [6.07, 6.45) is 0. The van der Waals surface area contributed by atoms with E-state index in [2.05, 4.69) is 20.3 Å². The predicted octanol–water partition coefficient (Wildman–Crippen LogP) is 4.18. The van der Waals surface area contributed by atoms with Crippen LogP contribution in [0.25, 0.3) is 21.4 Å². The van der Waals surface area contributed by atoms with Crippen molar-refractivity contribution >= 4 is 44.3 Å². The average molecular weight is 499 g/mol. The summed E-state index contributed by atoms with van der Waals surface area (Å²) in [5, 5.41) is 11.8. The van der Waals surface area contributed by atoms with Gasteiger partial charge in [-0.15, -0.1) is 22.7 Å². The number of benzene rings is 1. The number of nitrogens with zero attached hydrogens (tertiary/aromatic N) is 6. The normalized spacial score (nSPS) is 14.7. The summed E-state index contributed by atoms with van der Waals surface area (Å²) < 4.78 is 40.2. The van der Waals surface area contributed by atoms with Gasteiger partial charge >= 0.3 is 10.2 Å². The van der Waals surface area contributed by atoms with Crippen LogP contribution in [-0.4, -0.2) is 28.7 Å². The molecule has 0 radical (unpaired) electrons. The Bertz CT molecular complexity index is 1400. The number of fused-ring (bicyclic) bond motifs is 1. The second kappa shape index (κ2) is 7.79. The summed E-state index contributed by atoms with van der Waals surface area (Å²) in [6.45, 7) is -0.197. The Kier molecular flexibility index (Phi) is 4.74. The Morgan fingerprint density at radius 1 is 0.727 bits per heavy atom. The summed E-state index contributed by atoms with van der Waals surface area (Å²) in [4.78, 5) is 10.4. The molecular weight excluding hydrogens is 484 g/mol. The van der Waals surface area contributed by atoms with Crippen molar-refractivity contribution in [3.8, 4) is 21.4 Å². The Morgan fingerprint density at radius 2 is 1.21 bits per heavy atom. The first-order valence-corrected chi connectivity index (χ1v) is 12.9. The van der Waals surface area contributed by atoms with Gasteiger partial charge in [0.15, 0.2) is 0 Å². The van der Waals surface area contributed by atoms with Gasteiger partial charge in [-0.25, -0.2) is 8.61 Å². The summed E-state index contributed by atoms with van der Waals surface area (Å²) in [7, 11) is -3.96. The highest BCUT2D eigenvalue weighted by Gasteiger charge is 2.42. The molecule has 1 aliphatic heterocycles. The van der Waals surface area contributed by atoms with Gasteiger partial charge in [0.1, 0.15) is 13.1 Å². The number of hydrogen-bond donors (Lipinski definition) is 0. The van der Waals surface area contributed by atoms with Crippen LogP contribution in [0.3, 0.4) is 0 Å². The van der Waals surface area contributed by atoms with E-state index in [1.54, 1.807) is 24.3 Å². The molecule has 0 fully saturated rings. The Hall–Kier alpha value is -3.55. The van der Waals surface area contributed by atoms with Crippen LogP contribution in [0.15, 0.2) is 68.3 Å². The van der Waals surface area contributed by atoms with E-state index < -0.39 is 10.2 Å². The smallest absolute Gasteiger partial charge is 0.327 e. The molecular formula is C20H14N6O4S3. The van der Waals surface area contributed by atoms with E-state index in [0.717, 1.165) is 9.75 Å². The largest absolute Gasteiger partial charge is 0.337 e. The lowest BCUT2D eigenvalue weighted by Gasteiger charge is -2.19. The third-order valence-corrected chi connectivity index (χ3v) is 8.45. The molecule has 0 saturated heterocycles. The molecule has 0 spiro atoms. The number of para-hydroxylation sites is 2. The zero-order valence-corrected chi connectivity index (χ0v) is 19.2. The second-order valence-electron chi connectivity index (χ2n) is 6.99. The van der Waals surface area contributed by atoms with E-state index >= 15 is 0 Å². The number of aromatic nitrogens is 4. The van der Waals surface area contributed by atoms with Crippen LogP contribution < -0.4 is 8.61 Å². The molecule has 0 aliphatic carbocycles. The fourth-order valence-corrected chi connectivity index (χ4v) is 6.37. The molecule has 1 aromatic carbocycles. The van der Waals surface area contributed by atoms with Crippen LogP contribution in [0.1, 0.15) is 11.8 Å². The van der Waals surface area contributed by atoms with Gasteiger partial charge in [0.05, 0.1) is 21.1 Å². The number of anilines is 2. The van der Waals surface area contributed by atoms with Crippen LogP contribution in [-0.2, 0) is 23.3 Å². The molecule has 1 aliphatic rings. The molecule has 166 valence electrons. The Morgan fingerprint density at radius 3 is 1.64 bits per heavy atom. The summed E-state index contributed by atoms with van der Waals surface area (Å²) in [5.74, 6) is 1.23. The second-order valence-corrected chi connectivity index (χ2v) is 10.7. The molecule has 0 atom stereocenters. The zero-order chi connectivity index (χ0) is 22.4. The van der Waals surface area contributed by atoms with Crippen LogP contribution in [0.5, 0.6) is 0 Å². The Labute approximate surface area is 195 Å². The SMILES string of the molecule is O=S1(=O)N(Cc2nc(-c3cccs3)no2)c2ccccc2N1Cc1nc(-c2cccs2)no1. The molecule has 0 amide bonds. The highest BCUT2D eigenvalue weighted by molar-refractivity contribution is 7.94. The molecule has 5 heterocycles. The molecule has 0 saturated carbocycles. The standard InChI is InChI=1S/C20H14N6O4S3/c27-33(28)25(11-17-21-19(23-29-17)15-7-3-9-31-15)13-5-1-2-6-14(13)26(33)12-18-22-20(24-30-18)16-8-4-10-32-16/h1-10H,11-12H2. The first-order chi connectivity index (χ1) is 16.1. The fraction of sp³-hybridized carbons (Fsp3) is 0.100. The fourth-order valence-electron chi connectivity index (χ4n) is 3.48. The van der Waals surface area contributed by atoms with Crippen molar-refractivity contribution in [1.29, 1.82) is 0 Å². The third-order valence-electron chi connectivity index (χ3n) is 4.95. The quantitative estimate of drug-likeness (QED) is 0.342. The number of rotatable bonds is 6. The molecule has 13 heteroatoms. The van der Waals surface area contributed by atoms with Gasteiger partial charge in [0.2, 0.25) is 23.4 Å². The number of thiophene rings is 2. The van der Waals surface area contributed by atoms with Crippen LogP contribution >= 0.6 is 22.7 Å². The van der Waals surface area contributed by atoms with Gasteiger partial charge in [0.25, 0.3) is 0 Å². The molecule has 33 heavy (non-hydrogen) atoms. The van der Waals surface area contributed by atoms with E-state index in [4.69, 9.17) is 9.05 Å². The lowest BCUT2D eigenvalue weighted by atomic mass is 10.2. The van der Waals surface area contributed by atoms with E-state index in [1.165, 1.54) is 31.3 Å². The highest BCUT2D eigenvalue weighted by Crippen LogP contribution is 2.42. The minimum Gasteiger partial charge on any atom is -0.337 e.